The molecule has 0 atom stereocenters. The van der Waals surface area contributed by atoms with E-state index in [0.29, 0.717) is 6.54 Å². The van der Waals surface area contributed by atoms with Gasteiger partial charge in [-0.1, -0.05) is 5.57 Å². The Morgan fingerprint density at radius 3 is 2.48 bits per heavy atom. The summed E-state index contributed by atoms with van der Waals surface area (Å²) in [7, 11) is 3.27. The first-order valence-corrected chi connectivity index (χ1v) is 6.89. The van der Waals surface area contributed by atoms with Crippen molar-refractivity contribution in [2.75, 3.05) is 27.3 Å². The SMILES string of the molecule is COc1cc2c(cc1OC)CN(CC(C)=CC(=O)O)CC2. The van der Waals surface area contributed by atoms with Crippen LogP contribution in [0.5, 0.6) is 11.5 Å². The third-order valence-corrected chi connectivity index (χ3v) is 3.64. The summed E-state index contributed by atoms with van der Waals surface area (Å²) >= 11 is 0. The van der Waals surface area contributed by atoms with Crippen LogP contribution in [0.3, 0.4) is 0 Å². The molecule has 1 heterocycles. The highest BCUT2D eigenvalue weighted by Gasteiger charge is 2.19. The number of ether oxygens (including phenoxy) is 2. The van der Waals surface area contributed by atoms with Gasteiger partial charge in [0.15, 0.2) is 11.5 Å². The van der Waals surface area contributed by atoms with Gasteiger partial charge in [0, 0.05) is 25.7 Å². The van der Waals surface area contributed by atoms with Gasteiger partial charge in [-0.2, -0.15) is 0 Å². The van der Waals surface area contributed by atoms with Gasteiger partial charge >= 0.3 is 5.97 Å². The Hall–Kier alpha value is -2.01. The van der Waals surface area contributed by atoms with Crippen molar-refractivity contribution in [1.82, 2.24) is 4.90 Å². The topological polar surface area (TPSA) is 59.0 Å². The Morgan fingerprint density at radius 2 is 1.90 bits per heavy atom. The number of hydrogen-bond acceptors (Lipinski definition) is 4. The second-order valence-electron chi connectivity index (χ2n) is 5.27. The van der Waals surface area contributed by atoms with Crippen molar-refractivity contribution in [1.29, 1.82) is 0 Å². The number of hydrogen-bond donors (Lipinski definition) is 1. The molecule has 21 heavy (non-hydrogen) atoms. The van der Waals surface area contributed by atoms with Gasteiger partial charge in [0.1, 0.15) is 0 Å². The van der Waals surface area contributed by atoms with Crippen LogP contribution in [0.2, 0.25) is 0 Å². The largest absolute Gasteiger partial charge is 0.493 e. The van der Waals surface area contributed by atoms with E-state index < -0.39 is 5.97 Å². The normalized spacial score (nSPS) is 15.5. The molecule has 0 saturated carbocycles. The molecule has 0 fully saturated rings. The maximum atomic E-state index is 10.7. The van der Waals surface area contributed by atoms with Crippen LogP contribution in [0.15, 0.2) is 23.8 Å². The Labute approximate surface area is 124 Å². The second-order valence-corrected chi connectivity index (χ2v) is 5.27. The van der Waals surface area contributed by atoms with E-state index in [4.69, 9.17) is 14.6 Å². The van der Waals surface area contributed by atoms with E-state index in [1.165, 1.54) is 17.2 Å². The van der Waals surface area contributed by atoms with Crippen LogP contribution in [0.1, 0.15) is 18.1 Å². The molecule has 114 valence electrons. The highest BCUT2D eigenvalue weighted by molar-refractivity contribution is 5.80. The average molecular weight is 291 g/mol. The van der Waals surface area contributed by atoms with Gasteiger partial charge in [0.05, 0.1) is 14.2 Å². The van der Waals surface area contributed by atoms with E-state index in [-0.39, 0.29) is 0 Å². The quantitative estimate of drug-likeness (QED) is 0.842. The molecule has 1 aliphatic heterocycles. The average Bonchev–Trinajstić information content (AvgIpc) is 2.44. The predicted octanol–water partition coefficient (Wildman–Crippen LogP) is 2.09. The third-order valence-electron chi connectivity index (χ3n) is 3.64. The maximum absolute atomic E-state index is 10.7. The van der Waals surface area contributed by atoms with Crippen molar-refractivity contribution in [3.63, 3.8) is 0 Å². The molecule has 1 N–H and O–H groups in total. The zero-order valence-electron chi connectivity index (χ0n) is 12.7. The number of fused-ring (bicyclic) bond motifs is 1. The molecule has 0 bridgehead atoms. The smallest absolute Gasteiger partial charge is 0.328 e. The predicted molar refractivity (Wildman–Crippen MR) is 79.9 cm³/mol. The zero-order chi connectivity index (χ0) is 15.4. The molecule has 0 amide bonds. The van der Waals surface area contributed by atoms with Crippen molar-refractivity contribution >= 4 is 5.97 Å². The van der Waals surface area contributed by atoms with Crippen LogP contribution in [0.25, 0.3) is 0 Å². The molecule has 0 aliphatic carbocycles. The summed E-state index contributed by atoms with van der Waals surface area (Å²) in [5.41, 5.74) is 3.33. The summed E-state index contributed by atoms with van der Waals surface area (Å²) in [6.45, 7) is 4.21. The summed E-state index contributed by atoms with van der Waals surface area (Å²) in [6.07, 6.45) is 2.19. The Bertz CT molecular complexity index is 566. The number of carboxylic acid groups (broad SMARTS) is 1. The minimum absolute atomic E-state index is 0.667. The monoisotopic (exact) mass is 291 g/mol. The van der Waals surface area contributed by atoms with Gasteiger partial charge in [-0.25, -0.2) is 4.79 Å². The van der Waals surface area contributed by atoms with Crippen molar-refractivity contribution < 1.29 is 19.4 Å². The van der Waals surface area contributed by atoms with E-state index in [9.17, 15) is 4.79 Å². The van der Waals surface area contributed by atoms with Gasteiger partial charge in [-0.3, -0.25) is 4.90 Å². The number of rotatable bonds is 5. The molecular formula is C16H21NO4. The van der Waals surface area contributed by atoms with Crippen molar-refractivity contribution in [3.05, 3.63) is 34.9 Å². The molecule has 1 aromatic carbocycles. The molecule has 1 aromatic rings. The molecular weight excluding hydrogens is 270 g/mol. The standard InChI is InChI=1S/C16H21NO4/c1-11(6-16(18)19)9-17-5-4-12-7-14(20-2)15(21-3)8-13(12)10-17/h6-8H,4-5,9-10H2,1-3H3,(H,18,19). The lowest BCUT2D eigenvalue weighted by Gasteiger charge is -2.29. The van der Waals surface area contributed by atoms with E-state index in [1.54, 1.807) is 14.2 Å². The van der Waals surface area contributed by atoms with E-state index in [1.807, 2.05) is 19.1 Å². The fourth-order valence-electron chi connectivity index (χ4n) is 2.69. The fraction of sp³-hybridized carbons (Fsp3) is 0.438. The molecule has 0 aromatic heterocycles. The number of aliphatic carboxylic acids is 1. The highest BCUT2D eigenvalue weighted by atomic mass is 16.5. The van der Waals surface area contributed by atoms with Crippen LogP contribution in [-0.4, -0.2) is 43.3 Å². The molecule has 5 nitrogen and oxygen atoms in total. The van der Waals surface area contributed by atoms with Gasteiger partial charge in [0.2, 0.25) is 0 Å². The second kappa shape index (κ2) is 6.63. The molecule has 2 rings (SSSR count). The Morgan fingerprint density at radius 1 is 1.29 bits per heavy atom. The van der Waals surface area contributed by atoms with Crippen LogP contribution >= 0.6 is 0 Å². The molecule has 0 spiro atoms. The number of nitrogens with zero attached hydrogens (tertiary/aromatic N) is 1. The lowest BCUT2D eigenvalue weighted by atomic mass is 9.98. The lowest BCUT2D eigenvalue weighted by Crippen LogP contribution is -2.32. The minimum atomic E-state index is -0.892. The third kappa shape index (κ3) is 3.76. The number of carbonyl (C=O) groups is 1. The first-order chi connectivity index (χ1) is 10.0. The summed E-state index contributed by atoms with van der Waals surface area (Å²) in [5, 5.41) is 8.77. The van der Waals surface area contributed by atoms with Crippen molar-refractivity contribution in [2.24, 2.45) is 0 Å². The fourth-order valence-corrected chi connectivity index (χ4v) is 2.69. The van der Waals surface area contributed by atoms with Crippen LogP contribution < -0.4 is 9.47 Å². The Kier molecular flexibility index (Phi) is 4.85. The number of methoxy groups -OCH3 is 2. The lowest BCUT2D eigenvalue weighted by molar-refractivity contribution is -0.131. The number of carboxylic acids is 1. The van der Waals surface area contributed by atoms with Crippen molar-refractivity contribution in [3.8, 4) is 11.5 Å². The summed E-state index contributed by atoms with van der Waals surface area (Å²) in [5.74, 6) is 0.596. The van der Waals surface area contributed by atoms with Gasteiger partial charge < -0.3 is 14.6 Å². The molecule has 0 radical (unpaired) electrons. The zero-order valence-corrected chi connectivity index (χ0v) is 12.7. The summed E-state index contributed by atoms with van der Waals surface area (Å²) in [6, 6.07) is 4.04. The number of benzene rings is 1. The van der Waals surface area contributed by atoms with Crippen LogP contribution in [-0.2, 0) is 17.8 Å². The summed E-state index contributed by atoms with van der Waals surface area (Å²) in [4.78, 5) is 12.9. The van der Waals surface area contributed by atoms with Gasteiger partial charge in [-0.15, -0.1) is 0 Å². The first-order valence-electron chi connectivity index (χ1n) is 6.89. The van der Waals surface area contributed by atoms with E-state index in [0.717, 1.165) is 36.6 Å². The highest BCUT2D eigenvalue weighted by Crippen LogP contribution is 2.33. The maximum Gasteiger partial charge on any atom is 0.328 e. The molecule has 5 heteroatoms. The van der Waals surface area contributed by atoms with E-state index in [2.05, 4.69) is 4.90 Å². The Balaban J connectivity index is 2.15. The van der Waals surface area contributed by atoms with Gasteiger partial charge in [0.25, 0.3) is 0 Å². The minimum Gasteiger partial charge on any atom is -0.493 e. The molecule has 1 aliphatic rings. The van der Waals surface area contributed by atoms with Crippen LogP contribution in [0, 0.1) is 0 Å². The molecule has 0 unspecified atom stereocenters. The van der Waals surface area contributed by atoms with Gasteiger partial charge in [-0.05, 0) is 36.6 Å². The van der Waals surface area contributed by atoms with E-state index >= 15 is 0 Å². The van der Waals surface area contributed by atoms with Crippen LogP contribution in [0.4, 0.5) is 0 Å². The first kappa shape index (κ1) is 15.4. The van der Waals surface area contributed by atoms with Crippen molar-refractivity contribution in [2.45, 2.75) is 19.9 Å². The summed E-state index contributed by atoms with van der Waals surface area (Å²) < 4.78 is 10.7. The molecule has 0 saturated heterocycles.